The summed E-state index contributed by atoms with van der Waals surface area (Å²) in [6.45, 7) is 3.89. The lowest BCUT2D eigenvalue weighted by Gasteiger charge is -2.08. The van der Waals surface area contributed by atoms with Gasteiger partial charge in [0.25, 0.3) is 0 Å². The van der Waals surface area contributed by atoms with E-state index < -0.39 is 0 Å². The van der Waals surface area contributed by atoms with E-state index in [2.05, 4.69) is 20.4 Å². The maximum atomic E-state index is 5.83. The van der Waals surface area contributed by atoms with Gasteiger partial charge in [0.15, 0.2) is 4.34 Å². The molecule has 2 aromatic rings. The second-order valence-electron chi connectivity index (χ2n) is 3.86. The van der Waals surface area contributed by atoms with E-state index >= 15 is 0 Å². The molecule has 2 heterocycles. The minimum atomic E-state index is 0.134. The van der Waals surface area contributed by atoms with Crippen LogP contribution in [0.1, 0.15) is 18.3 Å². The first kappa shape index (κ1) is 12.5. The first-order valence-electron chi connectivity index (χ1n) is 5.33. The van der Waals surface area contributed by atoms with Gasteiger partial charge in [-0.2, -0.15) is 4.37 Å². The van der Waals surface area contributed by atoms with Gasteiger partial charge in [-0.25, -0.2) is 9.97 Å². The third-order valence-electron chi connectivity index (χ3n) is 2.08. The molecule has 0 amide bonds. The molecule has 2 N–H and O–H groups in total. The first-order chi connectivity index (χ1) is 8.15. The van der Waals surface area contributed by atoms with Crippen LogP contribution in [0.15, 0.2) is 27.7 Å². The molecule has 1 unspecified atom stereocenters. The van der Waals surface area contributed by atoms with Gasteiger partial charge in [0.2, 0.25) is 0 Å². The van der Waals surface area contributed by atoms with Crippen LogP contribution in [0.4, 0.5) is 0 Å². The molecule has 17 heavy (non-hydrogen) atoms. The van der Waals surface area contributed by atoms with Crippen LogP contribution in [-0.2, 0) is 6.42 Å². The maximum Gasteiger partial charge on any atom is 0.176 e. The van der Waals surface area contributed by atoms with Crippen molar-refractivity contribution >= 4 is 23.3 Å². The highest BCUT2D eigenvalue weighted by Gasteiger charge is 2.10. The zero-order valence-electron chi connectivity index (χ0n) is 9.75. The first-order valence-corrected chi connectivity index (χ1v) is 6.92. The van der Waals surface area contributed by atoms with Gasteiger partial charge >= 0.3 is 0 Å². The van der Waals surface area contributed by atoms with E-state index in [1.54, 1.807) is 18.0 Å². The van der Waals surface area contributed by atoms with E-state index in [9.17, 15) is 0 Å². The van der Waals surface area contributed by atoms with Gasteiger partial charge in [-0.15, -0.1) is 0 Å². The van der Waals surface area contributed by atoms with E-state index in [0.29, 0.717) is 0 Å². The molecule has 0 spiro atoms. The van der Waals surface area contributed by atoms with Gasteiger partial charge < -0.3 is 5.73 Å². The Kier molecular flexibility index (Phi) is 4.09. The predicted octanol–water partition coefficient (Wildman–Crippen LogP) is 2.28. The fraction of sp³-hybridized carbons (Fsp3) is 0.364. The molecule has 0 bridgehead atoms. The Morgan fingerprint density at radius 1 is 1.53 bits per heavy atom. The average Bonchev–Trinajstić information content (AvgIpc) is 2.66. The van der Waals surface area contributed by atoms with Crippen molar-refractivity contribution in [1.29, 1.82) is 0 Å². The summed E-state index contributed by atoms with van der Waals surface area (Å²) in [4.78, 5) is 8.71. The zero-order valence-corrected chi connectivity index (χ0v) is 11.4. The van der Waals surface area contributed by atoms with E-state index in [1.807, 2.05) is 19.9 Å². The van der Waals surface area contributed by atoms with Gasteiger partial charge in [0, 0.05) is 12.2 Å². The van der Waals surface area contributed by atoms with Crippen molar-refractivity contribution in [3.05, 3.63) is 29.7 Å². The summed E-state index contributed by atoms with van der Waals surface area (Å²) in [5.41, 5.74) is 7.00. The number of pyridine rings is 1. The second-order valence-corrected chi connectivity index (χ2v) is 5.85. The molecule has 90 valence electrons. The molecule has 0 saturated carbocycles. The molecule has 0 aliphatic heterocycles. The third-order valence-corrected chi connectivity index (χ3v) is 3.99. The fourth-order valence-electron chi connectivity index (χ4n) is 1.42. The lowest BCUT2D eigenvalue weighted by Crippen LogP contribution is -2.18. The Hall–Kier alpha value is -0.980. The summed E-state index contributed by atoms with van der Waals surface area (Å²) in [6, 6.07) is 4.13. The molecule has 0 aromatic carbocycles. The minimum absolute atomic E-state index is 0.134. The van der Waals surface area contributed by atoms with Crippen molar-refractivity contribution in [2.75, 3.05) is 0 Å². The molecule has 0 fully saturated rings. The number of rotatable bonds is 4. The van der Waals surface area contributed by atoms with Crippen LogP contribution >= 0.6 is 23.3 Å². The molecule has 6 heteroatoms. The van der Waals surface area contributed by atoms with Crippen molar-refractivity contribution in [1.82, 2.24) is 14.3 Å². The lowest BCUT2D eigenvalue weighted by atomic mass is 10.1. The largest absolute Gasteiger partial charge is 0.328 e. The lowest BCUT2D eigenvalue weighted by molar-refractivity contribution is 0.722. The van der Waals surface area contributed by atoms with Crippen LogP contribution in [0.5, 0.6) is 0 Å². The number of nitrogens with zero attached hydrogens (tertiary/aromatic N) is 3. The highest BCUT2D eigenvalue weighted by atomic mass is 32.2. The number of aryl methyl sites for hydroxylation is 1. The fourth-order valence-corrected chi connectivity index (χ4v) is 3.08. The van der Waals surface area contributed by atoms with Crippen LogP contribution in [0, 0.1) is 6.92 Å². The summed E-state index contributed by atoms with van der Waals surface area (Å²) < 4.78 is 5.08. The Morgan fingerprint density at radius 2 is 2.35 bits per heavy atom. The summed E-state index contributed by atoms with van der Waals surface area (Å²) in [5.74, 6) is 0.808. The molecule has 4 nitrogen and oxygen atoms in total. The molecule has 0 radical (unpaired) electrons. The molecule has 1 atom stereocenters. The third kappa shape index (κ3) is 3.49. The molecule has 0 saturated heterocycles. The second kappa shape index (κ2) is 5.57. The zero-order chi connectivity index (χ0) is 12.3. The Balaban J connectivity index is 2.20. The van der Waals surface area contributed by atoms with E-state index in [1.165, 1.54) is 17.1 Å². The van der Waals surface area contributed by atoms with Crippen LogP contribution in [0.3, 0.4) is 0 Å². The van der Waals surface area contributed by atoms with Crippen LogP contribution in [-0.4, -0.2) is 20.4 Å². The topological polar surface area (TPSA) is 64.7 Å². The monoisotopic (exact) mass is 266 g/mol. The maximum absolute atomic E-state index is 5.83. The molecular weight excluding hydrogens is 252 g/mol. The van der Waals surface area contributed by atoms with E-state index in [0.717, 1.165) is 21.6 Å². The Bertz CT molecular complexity index is 496. The van der Waals surface area contributed by atoms with Gasteiger partial charge in [-0.3, -0.25) is 0 Å². The summed E-state index contributed by atoms with van der Waals surface area (Å²) >= 11 is 2.96. The predicted molar refractivity (Wildman–Crippen MR) is 70.4 cm³/mol. The van der Waals surface area contributed by atoms with Crippen molar-refractivity contribution in [2.45, 2.75) is 35.7 Å². The minimum Gasteiger partial charge on any atom is -0.328 e. The SMILES string of the molecule is Cc1nsc(Sc2ncccc2CC(C)N)n1. The number of hydrogen-bond acceptors (Lipinski definition) is 6. The molecule has 2 aromatic heterocycles. The van der Waals surface area contributed by atoms with Crippen molar-refractivity contribution in [3.8, 4) is 0 Å². The van der Waals surface area contributed by atoms with Gasteiger partial charge in [0.05, 0.1) is 0 Å². The number of nitrogens with two attached hydrogens (primary N) is 1. The molecule has 0 aliphatic rings. The summed E-state index contributed by atoms with van der Waals surface area (Å²) in [7, 11) is 0. The van der Waals surface area contributed by atoms with Crippen molar-refractivity contribution < 1.29 is 0 Å². The smallest absolute Gasteiger partial charge is 0.176 e. The van der Waals surface area contributed by atoms with E-state index in [-0.39, 0.29) is 6.04 Å². The van der Waals surface area contributed by atoms with Crippen molar-refractivity contribution in [2.24, 2.45) is 5.73 Å². The van der Waals surface area contributed by atoms with Crippen LogP contribution in [0.25, 0.3) is 0 Å². The Morgan fingerprint density at radius 3 is 3.00 bits per heavy atom. The Labute approximate surface area is 109 Å². The van der Waals surface area contributed by atoms with E-state index in [4.69, 9.17) is 5.73 Å². The molecule has 2 rings (SSSR count). The van der Waals surface area contributed by atoms with Crippen molar-refractivity contribution in [3.63, 3.8) is 0 Å². The standard InChI is InChI=1S/C11H14N4S2/c1-7(12)6-9-4-3-5-13-10(9)16-11-14-8(2)15-17-11/h3-5,7H,6,12H2,1-2H3. The molecular formula is C11H14N4S2. The number of hydrogen-bond donors (Lipinski definition) is 1. The highest BCUT2D eigenvalue weighted by molar-refractivity contribution is 8.00. The normalized spacial score (nSPS) is 12.6. The number of aromatic nitrogens is 3. The highest BCUT2D eigenvalue weighted by Crippen LogP contribution is 2.30. The quantitative estimate of drug-likeness (QED) is 0.919. The van der Waals surface area contributed by atoms with Gasteiger partial charge in [-0.05, 0) is 55.2 Å². The summed E-state index contributed by atoms with van der Waals surface area (Å²) in [6.07, 6.45) is 2.62. The van der Waals surface area contributed by atoms with Crippen LogP contribution in [0.2, 0.25) is 0 Å². The van der Waals surface area contributed by atoms with Crippen LogP contribution < -0.4 is 5.73 Å². The van der Waals surface area contributed by atoms with Gasteiger partial charge in [-0.1, -0.05) is 6.07 Å². The molecule has 0 aliphatic carbocycles. The summed E-state index contributed by atoms with van der Waals surface area (Å²) in [5, 5.41) is 0.973. The van der Waals surface area contributed by atoms with Gasteiger partial charge in [0.1, 0.15) is 10.9 Å². The average molecular weight is 266 g/mol.